The molecule has 2 aliphatic rings. The van der Waals surface area contributed by atoms with Crippen molar-refractivity contribution in [2.45, 2.75) is 117 Å². The van der Waals surface area contributed by atoms with Crippen molar-refractivity contribution in [1.82, 2.24) is 19.8 Å². The number of rotatable bonds is 11. The molecule has 0 atom stereocenters. The zero-order valence-electron chi connectivity index (χ0n) is 27.3. The van der Waals surface area contributed by atoms with Crippen molar-refractivity contribution in [3.63, 3.8) is 0 Å². The first-order chi connectivity index (χ1) is 20.2. The summed E-state index contributed by atoms with van der Waals surface area (Å²) in [6, 6.07) is 1.53. The van der Waals surface area contributed by atoms with Crippen molar-refractivity contribution in [3.8, 4) is 0 Å². The molecule has 43 heavy (non-hydrogen) atoms. The Bertz CT molecular complexity index is 1010. The molecule has 2 saturated carbocycles. The highest BCUT2D eigenvalue weighted by atomic mass is 35.5. The first kappa shape index (κ1) is 35.0. The first-order valence-corrected chi connectivity index (χ1v) is 16.5. The number of nitrogen functional groups attached to an aromatic ring is 1. The number of ether oxygens (including phenoxy) is 2. The van der Waals surface area contributed by atoms with E-state index >= 15 is 0 Å². The van der Waals surface area contributed by atoms with Crippen LogP contribution in [0.25, 0.3) is 0 Å². The lowest BCUT2D eigenvalue weighted by molar-refractivity contribution is 0.0153. The Hall–Kier alpha value is -2.49. The third-order valence-corrected chi connectivity index (χ3v) is 8.26. The van der Waals surface area contributed by atoms with Gasteiger partial charge in [0.05, 0.1) is 0 Å². The number of amides is 2. The van der Waals surface area contributed by atoms with Gasteiger partial charge in [-0.1, -0.05) is 30.9 Å². The number of nitrogens with two attached hydrogens (primary N) is 1. The monoisotopic (exact) mass is 622 g/mol. The molecule has 1 aromatic heterocycles. The molecule has 2 aliphatic carbocycles. The Balaban J connectivity index is 1.55. The lowest BCUT2D eigenvalue weighted by Gasteiger charge is -2.35. The van der Waals surface area contributed by atoms with E-state index in [0.29, 0.717) is 67.3 Å². The van der Waals surface area contributed by atoms with Gasteiger partial charge in [0, 0.05) is 38.8 Å². The lowest BCUT2D eigenvalue weighted by atomic mass is 9.81. The average Bonchev–Trinajstić information content (AvgIpc) is 2.89. The van der Waals surface area contributed by atoms with Crippen LogP contribution in [0.15, 0.2) is 6.07 Å². The summed E-state index contributed by atoms with van der Waals surface area (Å²) in [6.07, 6.45) is 10.3. The second-order valence-electron chi connectivity index (χ2n) is 14.4. The lowest BCUT2D eigenvalue weighted by Crippen LogP contribution is -2.44. The summed E-state index contributed by atoms with van der Waals surface area (Å²) in [6.45, 7) is 14.6. The summed E-state index contributed by atoms with van der Waals surface area (Å²) in [5.41, 5.74) is 4.66. The van der Waals surface area contributed by atoms with E-state index in [1.165, 1.54) is 25.3 Å². The average molecular weight is 623 g/mol. The van der Waals surface area contributed by atoms with E-state index in [-0.39, 0.29) is 12.2 Å². The summed E-state index contributed by atoms with van der Waals surface area (Å²) in [7, 11) is 0. The molecule has 0 bridgehead atoms. The van der Waals surface area contributed by atoms with Gasteiger partial charge in [-0.3, -0.25) is 0 Å². The van der Waals surface area contributed by atoms with Gasteiger partial charge in [-0.2, -0.15) is 4.98 Å². The van der Waals surface area contributed by atoms with Crippen LogP contribution >= 0.6 is 11.6 Å². The summed E-state index contributed by atoms with van der Waals surface area (Å²) in [5.74, 6) is 2.18. The molecule has 0 aromatic carbocycles. The molecule has 244 valence electrons. The van der Waals surface area contributed by atoms with Gasteiger partial charge in [-0.25, -0.2) is 14.6 Å². The standard InChI is InChI=1S/C32H55ClN6O4/c1-31(2,3)42-29(40)38(21-24-11-8-7-9-12-24)17-10-18-39(30(41)43-32(4,5)6)22-25-15-13-23(14-16-25)20-35-28-36-26(33)19-27(34)37-28/h19,23-25H,7-18,20-22H2,1-6H3,(H3,34,35,36,37)/t23-,25-. The number of nitrogens with zero attached hydrogens (tertiary/aromatic N) is 4. The quantitative estimate of drug-likeness (QED) is 0.245. The Kier molecular flexibility index (Phi) is 13.0. The minimum absolute atomic E-state index is 0.264. The normalized spacial score (nSPS) is 19.9. The molecule has 0 spiro atoms. The van der Waals surface area contributed by atoms with Gasteiger partial charge in [-0.15, -0.1) is 0 Å². The second kappa shape index (κ2) is 16.0. The molecule has 2 amide bonds. The molecule has 3 N–H and O–H groups in total. The van der Waals surface area contributed by atoms with E-state index in [9.17, 15) is 9.59 Å². The van der Waals surface area contributed by atoms with Crippen LogP contribution in [0, 0.1) is 17.8 Å². The Morgan fingerprint density at radius 3 is 1.81 bits per heavy atom. The van der Waals surface area contributed by atoms with Crippen molar-refractivity contribution in [2.75, 3.05) is 43.8 Å². The van der Waals surface area contributed by atoms with E-state index in [1.54, 1.807) is 0 Å². The SMILES string of the molecule is CC(C)(C)OC(=O)N(CCCN(C[C@H]1CC[C@H](CNc2nc(N)cc(Cl)n2)CC1)C(=O)OC(C)(C)C)CC1CCCCC1. The fourth-order valence-electron chi connectivity index (χ4n) is 5.98. The molecule has 1 aromatic rings. The molecule has 0 radical (unpaired) electrons. The van der Waals surface area contributed by atoms with Crippen molar-refractivity contribution in [2.24, 2.45) is 17.8 Å². The van der Waals surface area contributed by atoms with Gasteiger partial charge in [0.2, 0.25) is 5.95 Å². The van der Waals surface area contributed by atoms with Crippen LogP contribution in [-0.2, 0) is 9.47 Å². The van der Waals surface area contributed by atoms with Crippen LogP contribution in [0.4, 0.5) is 21.4 Å². The molecular formula is C32H55ClN6O4. The van der Waals surface area contributed by atoms with Crippen molar-refractivity contribution >= 4 is 35.6 Å². The molecule has 2 fully saturated rings. The zero-order valence-corrected chi connectivity index (χ0v) is 28.0. The predicted molar refractivity (Wildman–Crippen MR) is 172 cm³/mol. The second-order valence-corrected chi connectivity index (χ2v) is 14.8. The van der Waals surface area contributed by atoms with Crippen LogP contribution in [0.3, 0.4) is 0 Å². The number of anilines is 2. The smallest absolute Gasteiger partial charge is 0.410 e. The number of carbonyl (C=O) groups is 2. The Morgan fingerprint density at radius 1 is 0.837 bits per heavy atom. The Morgan fingerprint density at radius 2 is 1.33 bits per heavy atom. The molecule has 0 aliphatic heterocycles. The molecule has 0 unspecified atom stereocenters. The third-order valence-electron chi connectivity index (χ3n) is 8.07. The first-order valence-electron chi connectivity index (χ1n) is 16.2. The topological polar surface area (TPSA) is 123 Å². The maximum atomic E-state index is 13.3. The number of hydrogen-bond donors (Lipinski definition) is 2. The van der Waals surface area contributed by atoms with E-state index < -0.39 is 11.2 Å². The number of nitrogens with one attached hydrogen (secondary N) is 1. The van der Waals surface area contributed by atoms with Gasteiger partial charge >= 0.3 is 12.2 Å². The van der Waals surface area contributed by atoms with E-state index in [4.69, 9.17) is 26.8 Å². The van der Waals surface area contributed by atoms with Crippen molar-refractivity contribution in [3.05, 3.63) is 11.2 Å². The largest absolute Gasteiger partial charge is 0.444 e. The van der Waals surface area contributed by atoms with E-state index in [0.717, 1.165) is 45.1 Å². The van der Waals surface area contributed by atoms with Crippen LogP contribution in [-0.4, -0.2) is 75.9 Å². The van der Waals surface area contributed by atoms with E-state index in [2.05, 4.69) is 15.3 Å². The number of halogens is 1. The van der Waals surface area contributed by atoms with Crippen LogP contribution in [0.2, 0.25) is 5.15 Å². The van der Waals surface area contributed by atoms with Crippen LogP contribution in [0.1, 0.15) is 106 Å². The maximum absolute atomic E-state index is 13.3. The summed E-state index contributed by atoms with van der Waals surface area (Å²) in [5, 5.41) is 3.60. The molecule has 11 heteroatoms. The van der Waals surface area contributed by atoms with Gasteiger partial charge in [0.15, 0.2) is 0 Å². The number of carbonyl (C=O) groups excluding carboxylic acids is 2. The number of aromatic nitrogens is 2. The number of hydrogen-bond acceptors (Lipinski definition) is 8. The summed E-state index contributed by atoms with van der Waals surface area (Å²) >= 11 is 6.00. The van der Waals surface area contributed by atoms with Gasteiger partial charge in [-0.05, 0) is 104 Å². The van der Waals surface area contributed by atoms with Crippen molar-refractivity contribution < 1.29 is 19.1 Å². The third kappa shape index (κ3) is 13.4. The zero-order chi connectivity index (χ0) is 31.6. The molecule has 3 rings (SSSR count). The predicted octanol–water partition coefficient (Wildman–Crippen LogP) is 7.38. The fourth-order valence-corrected chi connectivity index (χ4v) is 6.17. The minimum atomic E-state index is -0.575. The summed E-state index contributed by atoms with van der Waals surface area (Å²) in [4.78, 5) is 38.5. The van der Waals surface area contributed by atoms with Crippen LogP contribution in [0.5, 0.6) is 0 Å². The molecule has 0 saturated heterocycles. The highest BCUT2D eigenvalue weighted by molar-refractivity contribution is 6.29. The van der Waals surface area contributed by atoms with Crippen molar-refractivity contribution in [1.29, 1.82) is 0 Å². The molecular weight excluding hydrogens is 568 g/mol. The fraction of sp³-hybridized carbons (Fsp3) is 0.812. The summed E-state index contributed by atoms with van der Waals surface area (Å²) < 4.78 is 11.6. The Labute approximate surface area is 263 Å². The molecule has 1 heterocycles. The van der Waals surface area contributed by atoms with E-state index in [1.807, 2.05) is 51.3 Å². The van der Waals surface area contributed by atoms with Gasteiger partial charge < -0.3 is 30.3 Å². The minimum Gasteiger partial charge on any atom is -0.444 e. The van der Waals surface area contributed by atoms with Crippen LogP contribution < -0.4 is 11.1 Å². The van der Waals surface area contributed by atoms with Gasteiger partial charge in [0.25, 0.3) is 0 Å². The highest BCUT2D eigenvalue weighted by Crippen LogP contribution is 2.30. The van der Waals surface area contributed by atoms with Gasteiger partial charge in [0.1, 0.15) is 22.2 Å². The highest BCUT2D eigenvalue weighted by Gasteiger charge is 2.29. The molecule has 10 nitrogen and oxygen atoms in total. The maximum Gasteiger partial charge on any atom is 0.410 e.